The fourth-order valence-electron chi connectivity index (χ4n) is 1.47. The molecule has 0 aliphatic carbocycles. The number of likely N-dealkylation sites (N-methyl/N-ethyl adjacent to an activating group) is 1. The quantitative estimate of drug-likeness (QED) is 0.602. The molecule has 1 atom stereocenters. The van der Waals surface area contributed by atoms with Crippen LogP contribution in [0.1, 0.15) is 6.92 Å². The van der Waals surface area contributed by atoms with Crippen molar-refractivity contribution in [1.29, 1.82) is 0 Å². The summed E-state index contributed by atoms with van der Waals surface area (Å²) < 4.78 is 5.18. The van der Waals surface area contributed by atoms with Crippen molar-refractivity contribution in [2.24, 2.45) is 0 Å². The molecule has 0 spiro atoms. The number of aliphatic hydroxyl groups is 1. The van der Waals surface area contributed by atoms with Gasteiger partial charge >= 0.3 is 0 Å². The van der Waals surface area contributed by atoms with Crippen molar-refractivity contribution in [3.05, 3.63) is 0 Å². The van der Waals surface area contributed by atoms with Crippen LogP contribution in [0.25, 0.3) is 0 Å². The van der Waals surface area contributed by atoms with Crippen LogP contribution in [0, 0.1) is 0 Å². The molecule has 2 N–H and O–H groups in total. The molecule has 0 bridgehead atoms. The van der Waals surface area contributed by atoms with Crippen LogP contribution in [0.3, 0.4) is 0 Å². The molecule has 0 radical (unpaired) electrons. The zero-order valence-electron chi connectivity index (χ0n) is 8.53. The first-order valence-electron chi connectivity index (χ1n) is 4.98. The first-order valence-corrected chi connectivity index (χ1v) is 4.98. The summed E-state index contributed by atoms with van der Waals surface area (Å²) in [5.74, 6) is 0.0363. The minimum Gasteiger partial charge on any atom is -0.394 e. The summed E-state index contributed by atoms with van der Waals surface area (Å²) in [6, 6.07) is -0.171. The molecule has 1 fully saturated rings. The Morgan fingerprint density at radius 3 is 3.14 bits per heavy atom. The Balaban J connectivity index is 2.41. The highest BCUT2D eigenvalue weighted by atomic mass is 16.5. The fourth-order valence-corrected chi connectivity index (χ4v) is 1.47. The summed E-state index contributed by atoms with van der Waals surface area (Å²) in [6.07, 6.45) is 0. The van der Waals surface area contributed by atoms with Crippen molar-refractivity contribution < 1.29 is 14.6 Å². The van der Waals surface area contributed by atoms with Gasteiger partial charge in [0.15, 0.2) is 0 Å². The first kappa shape index (κ1) is 11.4. The summed E-state index contributed by atoms with van der Waals surface area (Å²) >= 11 is 0. The second kappa shape index (κ2) is 5.95. The molecular weight excluding hydrogens is 184 g/mol. The maximum atomic E-state index is 11.6. The van der Waals surface area contributed by atoms with Crippen molar-refractivity contribution in [2.45, 2.75) is 13.0 Å². The number of amides is 1. The average molecular weight is 202 g/mol. The van der Waals surface area contributed by atoms with Gasteiger partial charge < -0.3 is 20.1 Å². The molecule has 0 saturated carbocycles. The van der Waals surface area contributed by atoms with E-state index < -0.39 is 0 Å². The number of rotatable bonds is 4. The minimum absolute atomic E-state index is 0.0299. The molecule has 1 aliphatic rings. The smallest absolute Gasteiger partial charge is 0.237 e. The van der Waals surface area contributed by atoms with Gasteiger partial charge in [-0.2, -0.15) is 0 Å². The van der Waals surface area contributed by atoms with Gasteiger partial charge in [-0.05, 0) is 6.54 Å². The van der Waals surface area contributed by atoms with Crippen molar-refractivity contribution >= 4 is 5.91 Å². The Labute approximate surface area is 84.0 Å². The molecule has 1 saturated heterocycles. The van der Waals surface area contributed by atoms with Gasteiger partial charge in [0.2, 0.25) is 5.91 Å². The normalized spacial score (nSPS) is 22.4. The number of hydrogen-bond donors (Lipinski definition) is 2. The Bertz CT molecular complexity index is 187. The molecule has 82 valence electrons. The number of morpholine rings is 1. The third kappa shape index (κ3) is 2.94. The summed E-state index contributed by atoms with van der Waals surface area (Å²) in [5.41, 5.74) is 0. The van der Waals surface area contributed by atoms with Gasteiger partial charge in [-0.1, -0.05) is 6.92 Å². The summed E-state index contributed by atoms with van der Waals surface area (Å²) in [5, 5.41) is 12.0. The highest BCUT2D eigenvalue weighted by Gasteiger charge is 2.25. The number of carbonyl (C=O) groups is 1. The van der Waals surface area contributed by atoms with Crippen molar-refractivity contribution in [3.63, 3.8) is 0 Å². The Kier molecular flexibility index (Phi) is 4.86. The van der Waals surface area contributed by atoms with E-state index in [0.717, 1.165) is 6.54 Å². The monoisotopic (exact) mass is 202 g/mol. The van der Waals surface area contributed by atoms with E-state index >= 15 is 0 Å². The summed E-state index contributed by atoms with van der Waals surface area (Å²) in [6.45, 7) is 4.62. The predicted molar refractivity (Wildman–Crippen MR) is 51.9 cm³/mol. The van der Waals surface area contributed by atoms with E-state index in [9.17, 15) is 4.79 Å². The maximum Gasteiger partial charge on any atom is 0.237 e. The molecule has 5 heteroatoms. The number of carbonyl (C=O) groups excluding carboxylic acids is 1. The lowest BCUT2D eigenvalue weighted by Crippen LogP contribution is -2.52. The summed E-state index contributed by atoms with van der Waals surface area (Å²) in [4.78, 5) is 13.3. The number of nitrogens with one attached hydrogen (secondary N) is 1. The van der Waals surface area contributed by atoms with E-state index in [4.69, 9.17) is 9.84 Å². The van der Waals surface area contributed by atoms with Gasteiger partial charge in [-0.25, -0.2) is 0 Å². The van der Waals surface area contributed by atoms with Crippen LogP contribution in [0.15, 0.2) is 0 Å². The topological polar surface area (TPSA) is 61.8 Å². The molecule has 0 aromatic heterocycles. The highest BCUT2D eigenvalue weighted by molar-refractivity contribution is 5.78. The van der Waals surface area contributed by atoms with Crippen LogP contribution >= 0.6 is 0 Å². The van der Waals surface area contributed by atoms with Gasteiger partial charge in [-0.3, -0.25) is 4.79 Å². The molecule has 1 amide bonds. The lowest BCUT2D eigenvalue weighted by atomic mass is 10.2. The van der Waals surface area contributed by atoms with Gasteiger partial charge in [-0.15, -0.1) is 0 Å². The Morgan fingerprint density at radius 2 is 2.50 bits per heavy atom. The van der Waals surface area contributed by atoms with Crippen molar-refractivity contribution in [2.75, 3.05) is 39.5 Å². The molecule has 0 aromatic rings. The second-order valence-electron chi connectivity index (χ2n) is 3.28. The standard InChI is InChI=1S/C9H18N2O3/c1-2-10-5-9(13)11-3-4-14-7-8(11)6-12/h8,10,12H,2-7H2,1H3. The van der Waals surface area contributed by atoms with Crippen molar-refractivity contribution in [1.82, 2.24) is 10.2 Å². The third-order valence-electron chi connectivity index (χ3n) is 2.28. The fraction of sp³-hybridized carbons (Fsp3) is 0.889. The van der Waals surface area contributed by atoms with Crippen LogP contribution < -0.4 is 5.32 Å². The van der Waals surface area contributed by atoms with Gasteiger partial charge in [0, 0.05) is 6.54 Å². The molecule has 1 unspecified atom stereocenters. The number of aliphatic hydroxyl groups excluding tert-OH is 1. The van der Waals surface area contributed by atoms with Crippen LogP contribution in [-0.4, -0.2) is 61.4 Å². The van der Waals surface area contributed by atoms with Crippen LogP contribution in [-0.2, 0) is 9.53 Å². The average Bonchev–Trinajstić information content (AvgIpc) is 2.25. The molecule has 0 aromatic carbocycles. The first-order chi connectivity index (χ1) is 6.79. The zero-order valence-corrected chi connectivity index (χ0v) is 8.53. The van der Waals surface area contributed by atoms with Crippen LogP contribution in [0.4, 0.5) is 0 Å². The Morgan fingerprint density at radius 1 is 1.71 bits per heavy atom. The highest BCUT2D eigenvalue weighted by Crippen LogP contribution is 2.06. The second-order valence-corrected chi connectivity index (χ2v) is 3.28. The molecule has 1 heterocycles. The molecule has 1 aliphatic heterocycles. The molecular formula is C9H18N2O3. The molecule has 1 rings (SSSR count). The third-order valence-corrected chi connectivity index (χ3v) is 2.28. The summed E-state index contributed by atoms with van der Waals surface area (Å²) in [7, 11) is 0. The maximum absolute atomic E-state index is 11.6. The number of ether oxygens (including phenoxy) is 1. The van der Waals surface area contributed by atoms with E-state index in [0.29, 0.717) is 26.3 Å². The van der Waals surface area contributed by atoms with Gasteiger partial charge in [0.1, 0.15) is 0 Å². The van der Waals surface area contributed by atoms with E-state index in [1.54, 1.807) is 4.90 Å². The minimum atomic E-state index is -0.171. The Hall–Kier alpha value is -0.650. The van der Waals surface area contributed by atoms with E-state index in [-0.39, 0.29) is 18.6 Å². The lowest BCUT2D eigenvalue weighted by molar-refractivity contribution is -0.140. The van der Waals surface area contributed by atoms with E-state index in [2.05, 4.69) is 5.32 Å². The number of hydrogen-bond acceptors (Lipinski definition) is 4. The number of nitrogens with zero attached hydrogens (tertiary/aromatic N) is 1. The van der Waals surface area contributed by atoms with Gasteiger partial charge in [0.25, 0.3) is 0 Å². The van der Waals surface area contributed by atoms with Crippen molar-refractivity contribution in [3.8, 4) is 0 Å². The predicted octanol–water partition coefficient (Wildman–Crippen LogP) is -1.18. The molecule has 14 heavy (non-hydrogen) atoms. The van der Waals surface area contributed by atoms with E-state index in [1.807, 2.05) is 6.92 Å². The SMILES string of the molecule is CCNCC(=O)N1CCOCC1CO. The van der Waals surface area contributed by atoms with Crippen LogP contribution in [0.5, 0.6) is 0 Å². The van der Waals surface area contributed by atoms with Crippen LogP contribution in [0.2, 0.25) is 0 Å². The van der Waals surface area contributed by atoms with Gasteiger partial charge in [0.05, 0.1) is 32.4 Å². The van der Waals surface area contributed by atoms with E-state index in [1.165, 1.54) is 0 Å². The largest absolute Gasteiger partial charge is 0.394 e. The zero-order chi connectivity index (χ0) is 10.4. The lowest BCUT2D eigenvalue weighted by Gasteiger charge is -2.34. The molecule has 5 nitrogen and oxygen atoms in total.